The van der Waals surface area contributed by atoms with Crippen molar-refractivity contribution in [3.8, 4) is 0 Å². The summed E-state index contributed by atoms with van der Waals surface area (Å²) in [5, 5.41) is 1.23. The van der Waals surface area contributed by atoms with Crippen molar-refractivity contribution >= 4 is 39.7 Å². The maximum absolute atomic E-state index is 10.4. The van der Waals surface area contributed by atoms with Crippen LogP contribution in [0.15, 0.2) is 0 Å². The van der Waals surface area contributed by atoms with E-state index in [0.717, 1.165) is 0 Å². The van der Waals surface area contributed by atoms with E-state index in [4.69, 9.17) is 9.79 Å². The minimum atomic E-state index is -4.33. The van der Waals surface area contributed by atoms with Crippen LogP contribution in [0.1, 0.15) is 6.92 Å². The van der Waals surface area contributed by atoms with E-state index >= 15 is 0 Å². The van der Waals surface area contributed by atoms with Gasteiger partial charge in [0.1, 0.15) is 0 Å². The second-order valence-corrected chi connectivity index (χ2v) is 5.20. The van der Waals surface area contributed by atoms with Crippen molar-refractivity contribution in [3.63, 3.8) is 0 Å². The van der Waals surface area contributed by atoms with Crippen LogP contribution in [-0.2, 0) is 9.09 Å². The molecule has 74 valence electrons. The largest absolute Gasteiger partial charge is 0.469 e. The molecule has 12 heavy (non-hydrogen) atoms. The van der Waals surface area contributed by atoms with Crippen molar-refractivity contribution in [2.75, 3.05) is 17.3 Å². The Morgan fingerprint density at radius 1 is 1.42 bits per heavy atom. The first-order valence-electron chi connectivity index (χ1n) is 3.15. The predicted molar refractivity (Wildman–Crippen MR) is 53.7 cm³/mol. The minimum absolute atomic E-state index is 0.0216. The SMILES string of the molecule is CC(CBr)(CBr)COP(=O)(O)O. The third-order valence-electron chi connectivity index (χ3n) is 1.23. The van der Waals surface area contributed by atoms with Crippen LogP contribution < -0.4 is 0 Å². The van der Waals surface area contributed by atoms with Crippen molar-refractivity contribution in [1.82, 2.24) is 0 Å². The molecule has 0 radical (unpaired) electrons. The monoisotopic (exact) mass is 324 g/mol. The zero-order valence-electron chi connectivity index (χ0n) is 6.54. The van der Waals surface area contributed by atoms with Gasteiger partial charge in [0.15, 0.2) is 0 Å². The van der Waals surface area contributed by atoms with Crippen molar-refractivity contribution in [1.29, 1.82) is 0 Å². The van der Waals surface area contributed by atoms with E-state index in [-0.39, 0.29) is 12.0 Å². The Bertz CT molecular complexity index is 176. The number of alkyl halides is 2. The van der Waals surface area contributed by atoms with E-state index in [0.29, 0.717) is 10.7 Å². The summed E-state index contributed by atoms with van der Waals surface area (Å²) < 4.78 is 14.7. The highest BCUT2D eigenvalue weighted by atomic mass is 79.9. The third-order valence-corrected chi connectivity index (χ3v) is 4.40. The topological polar surface area (TPSA) is 66.8 Å². The smallest absolute Gasteiger partial charge is 0.303 e. The number of hydrogen-bond donors (Lipinski definition) is 2. The van der Waals surface area contributed by atoms with E-state index in [2.05, 4.69) is 36.4 Å². The molecule has 0 aliphatic carbocycles. The first-order valence-corrected chi connectivity index (χ1v) is 6.92. The summed E-state index contributed by atoms with van der Waals surface area (Å²) in [6, 6.07) is 0. The lowest BCUT2D eigenvalue weighted by atomic mass is 9.99. The van der Waals surface area contributed by atoms with Gasteiger partial charge in [-0.15, -0.1) is 0 Å². The van der Waals surface area contributed by atoms with E-state index < -0.39 is 7.82 Å². The first kappa shape index (κ1) is 13.1. The van der Waals surface area contributed by atoms with E-state index in [1.165, 1.54) is 0 Å². The Hall–Kier alpha value is 1.07. The number of phosphoric acid groups is 1. The van der Waals surface area contributed by atoms with Gasteiger partial charge in [0.2, 0.25) is 0 Å². The predicted octanol–water partition coefficient (Wildman–Crippen LogP) is 1.89. The van der Waals surface area contributed by atoms with Crippen LogP contribution in [-0.4, -0.2) is 27.1 Å². The highest BCUT2D eigenvalue weighted by molar-refractivity contribution is 9.09. The van der Waals surface area contributed by atoms with E-state index in [9.17, 15) is 4.57 Å². The van der Waals surface area contributed by atoms with Crippen LogP contribution >= 0.6 is 39.7 Å². The molecule has 0 spiro atoms. The molecule has 0 bridgehead atoms. The molecule has 0 unspecified atom stereocenters. The van der Waals surface area contributed by atoms with E-state index in [1.807, 2.05) is 6.92 Å². The molecule has 0 heterocycles. The zero-order chi connectivity index (χ0) is 9.83. The van der Waals surface area contributed by atoms with Crippen molar-refractivity contribution in [3.05, 3.63) is 0 Å². The van der Waals surface area contributed by atoms with E-state index in [1.54, 1.807) is 0 Å². The van der Waals surface area contributed by atoms with Crippen LogP contribution in [0.3, 0.4) is 0 Å². The Balaban J connectivity index is 3.98. The summed E-state index contributed by atoms with van der Waals surface area (Å²) in [7, 11) is -4.33. The van der Waals surface area contributed by atoms with Crippen LogP contribution in [0.25, 0.3) is 0 Å². The molecule has 4 nitrogen and oxygen atoms in total. The van der Waals surface area contributed by atoms with Crippen LogP contribution in [0, 0.1) is 5.41 Å². The molecule has 0 rings (SSSR count). The summed E-state index contributed by atoms with van der Waals surface area (Å²) in [6.45, 7) is 1.87. The van der Waals surface area contributed by atoms with Gasteiger partial charge in [0.05, 0.1) is 6.61 Å². The van der Waals surface area contributed by atoms with Gasteiger partial charge in [-0.2, -0.15) is 0 Å². The van der Waals surface area contributed by atoms with Gasteiger partial charge in [-0.25, -0.2) is 4.57 Å². The highest BCUT2D eigenvalue weighted by Crippen LogP contribution is 2.38. The lowest BCUT2D eigenvalue weighted by molar-refractivity contribution is 0.145. The average Bonchev–Trinajstić information content (AvgIpc) is 1.99. The number of rotatable bonds is 5. The van der Waals surface area contributed by atoms with Gasteiger partial charge in [0, 0.05) is 16.1 Å². The molecule has 0 saturated carbocycles. The van der Waals surface area contributed by atoms with Gasteiger partial charge >= 0.3 is 7.82 Å². The molecular formula is C5H11Br2O4P. The first-order chi connectivity index (χ1) is 5.33. The molecule has 0 amide bonds. The lowest BCUT2D eigenvalue weighted by Gasteiger charge is -2.24. The second kappa shape index (κ2) is 5.08. The number of phosphoric ester groups is 1. The molecule has 0 aromatic rings. The Morgan fingerprint density at radius 2 is 1.83 bits per heavy atom. The molecule has 0 aliphatic heterocycles. The van der Waals surface area contributed by atoms with Crippen LogP contribution in [0.5, 0.6) is 0 Å². The maximum atomic E-state index is 10.4. The summed E-state index contributed by atoms with van der Waals surface area (Å²) >= 11 is 6.47. The maximum Gasteiger partial charge on any atom is 0.469 e. The van der Waals surface area contributed by atoms with Gasteiger partial charge in [-0.05, 0) is 0 Å². The van der Waals surface area contributed by atoms with Crippen molar-refractivity contribution < 1.29 is 18.9 Å². The normalized spacial score (nSPS) is 13.4. The summed E-state index contributed by atoms with van der Waals surface area (Å²) in [5.41, 5.74) is -0.291. The molecule has 0 fully saturated rings. The molecule has 0 saturated heterocycles. The molecule has 0 atom stereocenters. The Kier molecular flexibility index (Phi) is 5.53. The fraction of sp³-hybridized carbons (Fsp3) is 1.00. The molecule has 0 aliphatic rings. The molecule has 7 heteroatoms. The standard InChI is InChI=1S/C5H11Br2O4P/c1-5(2-6,3-7)4-11-12(8,9)10/h2-4H2,1H3,(H2,8,9,10). The van der Waals surface area contributed by atoms with Crippen LogP contribution in [0.2, 0.25) is 0 Å². The number of halogens is 2. The fourth-order valence-corrected chi connectivity index (χ4v) is 2.08. The number of hydrogen-bond acceptors (Lipinski definition) is 2. The molecular weight excluding hydrogens is 315 g/mol. The fourth-order valence-electron chi connectivity index (χ4n) is 0.353. The third kappa shape index (κ3) is 5.67. The second-order valence-electron chi connectivity index (χ2n) is 2.84. The van der Waals surface area contributed by atoms with Gasteiger partial charge in [-0.1, -0.05) is 38.8 Å². The van der Waals surface area contributed by atoms with Gasteiger partial charge in [0.25, 0.3) is 0 Å². The minimum Gasteiger partial charge on any atom is -0.303 e. The van der Waals surface area contributed by atoms with Crippen molar-refractivity contribution in [2.24, 2.45) is 5.41 Å². The van der Waals surface area contributed by atoms with Gasteiger partial charge in [-0.3, -0.25) is 4.52 Å². The summed E-state index contributed by atoms with van der Waals surface area (Å²) in [4.78, 5) is 16.9. The highest BCUT2D eigenvalue weighted by Gasteiger charge is 2.26. The van der Waals surface area contributed by atoms with Crippen LogP contribution in [0.4, 0.5) is 0 Å². The molecule has 0 aromatic carbocycles. The summed E-state index contributed by atoms with van der Waals surface area (Å²) in [6.07, 6.45) is 0. The molecule has 2 N–H and O–H groups in total. The zero-order valence-corrected chi connectivity index (χ0v) is 10.6. The Labute approximate surface area is 88.2 Å². The quantitative estimate of drug-likeness (QED) is 0.598. The van der Waals surface area contributed by atoms with Gasteiger partial charge < -0.3 is 9.79 Å². The lowest BCUT2D eigenvalue weighted by Crippen LogP contribution is -2.26. The van der Waals surface area contributed by atoms with Crippen molar-refractivity contribution in [2.45, 2.75) is 6.92 Å². The molecule has 0 aromatic heterocycles. The average molecular weight is 326 g/mol. The summed E-state index contributed by atoms with van der Waals surface area (Å²) in [5.74, 6) is 0. The Morgan fingerprint density at radius 3 is 2.08 bits per heavy atom.